The van der Waals surface area contributed by atoms with Gasteiger partial charge in [-0.3, -0.25) is 4.79 Å². The molecule has 0 bridgehead atoms. The lowest BCUT2D eigenvalue weighted by atomic mass is 10.5. The third-order valence-corrected chi connectivity index (χ3v) is 0.207. The monoisotopic (exact) mass is 94.0 g/mol. The van der Waals surface area contributed by atoms with Gasteiger partial charge in [0.15, 0.2) is 6.29 Å². The Bertz CT molecular complexity index is 54.3. The highest BCUT2D eigenvalue weighted by Gasteiger charge is 2.17. The summed E-state index contributed by atoms with van der Waals surface area (Å²) in [6.07, 6.45) is -0.396. The fraction of sp³-hybridized carbons (Fsp3) is 0.667. The maximum Gasteiger partial charge on any atom is 0.299 e. The van der Waals surface area contributed by atoms with Gasteiger partial charge in [-0.05, 0) is 0 Å². The van der Waals surface area contributed by atoms with Gasteiger partial charge in [0.2, 0.25) is 0 Å². The molecule has 0 aliphatic heterocycles. The van der Waals surface area contributed by atoms with Gasteiger partial charge in [-0.15, -0.1) is 0 Å². The zero-order valence-electron chi connectivity index (χ0n) is 3.24. The Hall–Kier alpha value is -0.470. The molecular weight excluding hydrogens is 90.0 g/mol. The molecule has 0 aliphatic carbocycles. The van der Waals surface area contributed by atoms with E-state index in [1.165, 1.54) is 0 Å². The Morgan fingerprint density at radius 2 is 1.83 bits per heavy atom. The molecule has 3 heteroatoms. The molecule has 36 valence electrons. The molecule has 0 spiro atoms. The van der Waals surface area contributed by atoms with E-state index in [4.69, 9.17) is 4.79 Å². The third-order valence-electron chi connectivity index (χ3n) is 0.207. The van der Waals surface area contributed by atoms with Crippen molar-refractivity contribution in [3.63, 3.8) is 0 Å². The van der Waals surface area contributed by atoms with Crippen LogP contribution in [0, 0.1) is 0 Å². The second-order valence-corrected chi connectivity index (χ2v) is 1.07. The van der Waals surface area contributed by atoms with Crippen molar-refractivity contribution in [1.29, 1.82) is 0 Å². The Balaban J connectivity index is 3.45. The number of hydrogen-bond donors (Lipinski definition) is 0. The maximum atomic E-state index is 11.1. The first-order valence-electron chi connectivity index (χ1n) is 1.40. The molecule has 6 heavy (non-hydrogen) atoms. The molecule has 0 saturated heterocycles. The van der Waals surface area contributed by atoms with Gasteiger partial charge in [0.05, 0.1) is 0 Å². The quantitative estimate of drug-likeness (QED) is 0.440. The van der Waals surface area contributed by atoms with E-state index in [0.29, 0.717) is 6.92 Å². The van der Waals surface area contributed by atoms with Crippen molar-refractivity contribution < 1.29 is 13.6 Å². The van der Waals surface area contributed by atoms with Gasteiger partial charge in [0, 0.05) is 6.92 Å². The van der Waals surface area contributed by atoms with Crippen LogP contribution < -0.4 is 0 Å². The summed E-state index contributed by atoms with van der Waals surface area (Å²) in [7, 11) is 0. The van der Waals surface area contributed by atoms with Crippen LogP contribution in [0.5, 0.6) is 0 Å². The van der Waals surface area contributed by atoms with E-state index in [0.717, 1.165) is 0 Å². The number of carbonyl (C=O) groups is 1. The van der Waals surface area contributed by atoms with E-state index >= 15 is 0 Å². The van der Waals surface area contributed by atoms with E-state index in [9.17, 15) is 8.78 Å². The molecule has 0 aliphatic rings. The number of rotatable bonds is 1. The largest absolute Gasteiger partial charge is 0.299 e. The summed E-state index contributed by atoms with van der Waals surface area (Å²) >= 11 is 0. The fourth-order valence-electron chi connectivity index (χ4n) is 0. The lowest BCUT2D eigenvalue weighted by molar-refractivity contribution is -0.126. The zero-order valence-corrected chi connectivity index (χ0v) is 3.24. The number of carbonyl (C=O) groups excluding carboxylic acids is 1. The van der Waals surface area contributed by atoms with Crippen LogP contribution in [-0.2, 0) is 4.79 Å². The fourth-order valence-corrected chi connectivity index (χ4v) is 0. The molecule has 0 aromatic carbocycles. The van der Waals surface area contributed by atoms with Gasteiger partial charge in [0.1, 0.15) is 0 Å². The first-order chi connectivity index (χ1) is 2.56. The summed E-state index contributed by atoms with van der Waals surface area (Å²) in [6.45, 7) is 0.542. The summed E-state index contributed by atoms with van der Waals surface area (Å²) in [4.78, 5) is 9.08. The zero-order chi connectivity index (χ0) is 5.21. The molecule has 0 amide bonds. The van der Waals surface area contributed by atoms with Gasteiger partial charge < -0.3 is 0 Å². The van der Waals surface area contributed by atoms with Crippen LogP contribution in [0.2, 0.25) is 0 Å². The summed E-state index contributed by atoms with van der Waals surface area (Å²) in [5.41, 5.74) is 0. The highest BCUT2D eigenvalue weighted by Crippen LogP contribution is 2.04. The van der Waals surface area contributed by atoms with Crippen LogP contribution in [0.15, 0.2) is 0 Å². The van der Waals surface area contributed by atoms with E-state index in [2.05, 4.69) is 0 Å². The number of hydrogen-bond acceptors (Lipinski definition) is 1. The highest BCUT2D eigenvalue weighted by atomic mass is 19.3. The molecule has 0 fully saturated rings. The minimum absolute atomic E-state index is 0.396. The van der Waals surface area contributed by atoms with Gasteiger partial charge >= 0.3 is 0 Å². The number of halogens is 2. The summed E-state index contributed by atoms with van der Waals surface area (Å²) in [5, 5.41) is 0. The van der Waals surface area contributed by atoms with Gasteiger partial charge in [-0.25, -0.2) is 0 Å². The minimum Gasteiger partial charge on any atom is -0.297 e. The molecule has 0 atom stereocenters. The predicted octanol–water partition coefficient (Wildman–Crippen LogP) is 0.841. The second-order valence-electron chi connectivity index (χ2n) is 1.07. The average Bonchev–Trinajstić information content (AvgIpc) is 1.35. The number of alkyl halides is 2. The van der Waals surface area contributed by atoms with Crippen molar-refractivity contribution >= 4 is 6.29 Å². The second kappa shape index (κ2) is 1.32. The molecule has 0 N–H and O–H groups in total. The van der Waals surface area contributed by atoms with Crippen LogP contribution in [0.4, 0.5) is 8.78 Å². The van der Waals surface area contributed by atoms with Crippen LogP contribution in [-0.4, -0.2) is 12.2 Å². The third kappa shape index (κ3) is 3.53. The summed E-state index contributed by atoms with van der Waals surface area (Å²) < 4.78 is 22.2. The molecular formula is C3H4F2O. The highest BCUT2D eigenvalue weighted by molar-refractivity contribution is 5.58. The molecule has 0 aromatic heterocycles. The van der Waals surface area contributed by atoms with Gasteiger partial charge in [-0.1, -0.05) is 0 Å². The van der Waals surface area contributed by atoms with Crippen LogP contribution in [0.1, 0.15) is 6.92 Å². The van der Waals surface area contributed by atoms with Gasteiger partial charge in [0.25, 0.3) is 5.92 Å². The summed E-state index contributed by atoms with van der Waals surface area (Å²) in [5.74, 6) is -3.14. The topological polar surface area (TPSA) is 17.1 Å². The van der Waals surface area contributed by atoms with Crippen molar-refractivity contribution in [2.24, 2.45) is 0 Å². The lowest BCUT2D eigenvalue weighted by Gasteiger charge is -1.93. The SMILES string of the molecule is CC(F)(F)C=O. The van der Waals surface area contributed by atoms with Crippen molar-refractivity contribution in [3.05, 3.63) is 0 Å². The Morgan fingerprint density at radius 3 is 1.83 bits per heavy atom. The molecule has 1 nitrogen and oxygen atoms in total. The van der Waals surface area contributed by atoms with Crippen molar-refractivity contribution in [2.45, 2.75) is 12.8 Å². The summed E-state index contributed by atoms with van der Waals surface area (Å²) in [6, 6.07) is 0. The van der Waals surface area contributed by atoms with Crippen LogP contribution >= 0.6 is 0 Å². The van der Waals surface area contributed by atoms with E-state index in [1.54, 1.807) is 0 Å². The lowest BCUT2D eigenvalue weighted by Crippen LogP contribution is -2.09. The Kier molecular flexibility index (Phi) is 1.22. The molecule has 0 rings (SSSR count). The Labute approximate surface area is 34.0 Å². The van der Waals surface area contributed by atoms with Gasteiger partial charge in [-0.2, -0.15) is 8.78 Å². The van der Waals surface area contributed by atoms with Crippen molar-refractivity contribution in [3.8, 4) is 0 Å². The molecule has 0 radical (unpaired) electrons. The minimum atomic E-state index is -3.14. The van der Waals surface area contributed by atoms with E-state index < -0.39 is 12.2 Å². The Morgan fingerprint density at radius 1 is 1.67 bits per heavy atom. The van der Waals surface area contributed by atoms with E-state index in [1.807, 2.05) is 0 Å². The standard InChI is InChI=1S/C3H4F2O/c1-3(4,5)2-6/h2H,1H3. The van der Waals surface area contributed by atoms with Crippen molar-refractivity contribution in [2.75, 3.05) is 0 Å². The first kappa shape index (κ1) is 5.53. The number of aldehydes is 1. The first-order valence-corrected chi connectivity index (χ1v) is 1.40. The normalized spacial score (nSPS) is 11.2. The smallest absolute Gasteiger partial charge is 0.297 e. The predicted molar refractivity (Wildman–Crippen MR) is 16.7 cm³/mol. The van der Waals surface area contributed by atoms with Crippen LogP contribution in [0.25, 0.3) is 0 Å². The average molecular weight is 94.1 g/mol. The molecule has 0 aromatic rings. The van der Waals surface area contributed by atoms with Crippen LogP contribution in [0.3, 0.4) is 0 Å². The molecule has 0 saturated carbocycles. The van der Waals surface area contributed by atoms with E-state index in [-0.39, 0.29) is 0 Å². The van der Waals surface area contributed by atoms with Crippen molar-refractivity contribution in [1.82, 2.24) is 0 Å². The molecule has 0 heterocycles. The molecule has 0 unspecified atom stereocenters. The maximum absolute atomic E-state index is 11.1.